The first-order chi connectivity index (χ1) is 5.93. The number of methoxy groups -OCH3 is 1. The summed E-state index contributed by atoms with van der Waals surface area (Å²) in [5, 5.41) is 0. The van der Waals surface area contributed by atoms with Gasteiger partial charge in [-0.2, -0.15) is 0 Å². The minimum absolute atomic E-state index is 0.603. The molecular weight excluding hydrogens is 151 g/mol. The maximum Gasteiger partial charge on any atom is 0.330 e. The van der Waals surface area contributed by atoms with Crippen molar-refractivity contribution < 1.29 is 9.39 Å². The molecule has 0 saturated carbocycles. The van der Waals surface area contributed by atoms with Gasteiger partial charge >= 0.3 is 7.48 Å². The van der Waals surface area contributed by atoms with Crippen LogP contribution in [0, 0.1) is 0 Å². The fourth-order valence-electron chi connectivity index (χ4n) is 0.818. The Balaban J connectivity index is 2.16. The van der Waals surface area contributed by atoms with Crippen molar-refractivity contribution >= 4 is 12.9 Å². The summed E-state index contributed by atoms with van der Waals surface area (Å²) in [6.45, 7) is 1.23. The van der Waals surface area contributed by atoms with Gasteiger partial charge in [-0.15, -0.1) is 0 Å². The summed E-state index contributed by atoms with van der Waals surface area (Å²) in [6, 6.07) is 9.92. The Morgan fingerprint density at radius 3 is 2.58 bits per heavy atom. The first-order valence-corrected chi connectivity index (χ1v) is 3.92. The third-order valence-electron chi connectivity index (χ3n) is 1.42. The monoisotopic (exact) mass is 163 g/mol. The average Bonchev–Trinajstić information content (AvgIpc) is 2.14. The van der Waals surface area contributed by atoms with Crippen molar-refractivity contribution in [1.29, 1.82) is 0 Å². The second kappa shape index (κ2) is 5.80. The van der Waals surface area contributed by atoms with Crippen molar-refractivity contribution in [3.05, 3.63) is 30.3 Å². The summed E-state index contributed by atoms with van der Waals surface area (Å²) in [5.74, 6) is 0. The lowest BCUT2D eigenvalue weighted by Gasteiger charge is -2.00. The molecule has 63 valence electrons. The molecular formula is C9H12BO2. The van der Waals surface area contributed by atoms with Gasteiger partial charge in [0.1, 0.15) is 0 Å². The van der Waals surface area contributed by atoms with E-state index in [-0.39, 0.29) is 0 Å². The van der Waals surface area contributed by atoms with E-state index in [1.165, 1.54) is 0 Å². The van der Waals surface area contributed by atoms with E-state index in [0.717, 1.165) is 5.46 Å². The highest BCUT2D eigenvalue weighted by Gasteiger charge is 1.94. The average molecular weight is 163 g/mol. The molecule has 2 nitrogen and oxygen atoms in total. The van der Waals surface area contributed by atoms with Crippen LogP contribution in [-0.2, 0) is 9.39 Å². The Morgan fingerprint density at radius 1 is 1.17 bits per heavy atom. The van der Waals surface area contributed by atoms with E-state index < -0.39 is 0 Å². The van der Waals surface area contributed by atoms with Gasteiger partial charge in [0.15, 0.2) is 0 Å². The van der Waals surface area contributed by atoms with Crippen LogP contribution in [0.25, 0.3) is 0 Å². The van der Waals surface area contributed by atoms with Crippen LogP contribution in [0.4, 0.5) is 0 Å². The maximum absolute atomic E-state index is 5.21. The SMILES string of the molecule is COCCO[B]c1ccccc1. The Kier molecular flexibility index (Phi) is 4.50. The molecule has 0 aliphatic rings. The van der Waals surface area contributed by atoms with Crippen LogP contribution in [-0.4, -0.2) is 27.8 Å². The largest absolute Gasteiger partial charge is 0.432 e. The highest BCUT2D eigenvalue weighted by molar-refractivity contribution is 6.46. The van der Waals surface area contributed by atoms with E-state index >= 15 is 0 Å². The lowest BCUT2D eigenvalue weighted by atomic mass is 9.88. The predicted octanol–water partition coefficient (Wildman–Crippen LogP) is 0.594. The lowest BCUT2D eigenvalue weighted by Crippen LogP contribution is -2.18. The van der Waals surface area contributed by atoms with E-state index in [1.807, 2.05) is 30.3 Å². The third kappa shape index (κ3) is 3.55. The van der Waals surface area contributed by atoms with Crippen molar-refractivity contribution in [2.75, 3.05) is 20.3 Å². The molecule has 0 aliphatic carbocycles. The molecule has 12 heavy (non-hydrogen) atoms. The highest BCUT2D eigenvalue weighted by Crippen LogP contribution is 1.82. The zero-order chi connectivity index (χ0) is 8.65. The van der Waals surface area contributed by atoms with Gasteiger partial charge in [0.2, 0.25) is 0 Å². The number of ether oxygens (including phenoxy) is 1. The van der Waals surface area contributed by atoms with Crippen LogP contribution in [0.3, 0.4) is 0 Å². The minimum Gasteiger partial charge on any atom is -0.432 e. The molecule has 0 amide bonds. The molecule has 0 spiro atoms. The van der Waals surface area contributed by atoms with Crippen molar-refractivity contribution in [1.82, 2.24) is 0 Å². The van der Waals surface area contributed by atoms with Gasteiger partial charge in [-0.3, -0.25) is 0 Å². The third-order valence-corrected chi connectivity index (χ3v) is 1.42. The van der Waals surface area contributed by atoms with Gasteiger partial charge in [0, 0.05) is 7.11 Å². The van der Waals surface area contributed by atoms with E-state index in [2.05, 4.69) is 0 Å². The molecule has 0 aromatic heterocycles. The Morgan fingerprint density at radius 2 is 1.92 bits per heavy atom. The summed E-state index contributed by atoms with van der Waals surface area (Å²) < 4.78 is 10.0. The summed E-state index contributed by atoms with van der Waals surface area (Å²) in [5.41, 5.74) is 1.08. The summed E-state index contributed by atoms with van der Waals surface area (Å²) in [4.78, 5) is 0. The molecule has 0 unspecified atom stereocenters. The number of benzene rings is 1. The quantitative estimate of drug-likeness (QED) is 0.467. The van der Waals surface area contributed by atoms with E-state index in [0.29, 0.717) is 13.2 Å². The zero-order valence-corrected chi connectivity index (χ0v) is 7.19. The van der Waals surface area contributed by atoms with Crippen LogP contribution < -0.4 is 5.46 Å². The highest BCUT2D eigenvalue weighted by atomic mass is 16.5. The molecule has 0 heterocycles. The van der Waals surface area contributed by atoms with Gasteiger partial charge in [0.25, 0.3) is 0 Å². The van der Waals surface area contributed by atoms with Gasteiger partial charge in [-0.05, 0) is 0 Å². The molecule has 0 atom stereocenters. The second-order valence-corrected chi connectivity index (χ2v) is 2.39. The fourth-order valence-corrected chi connectivity index (χ4v) is 0.818. The fraction of sp³-hybridized carbons (Fsp3) is 0.333. The van der Waals surface area contributed by atoms with Crippen LogP contribution >= 0.6 is 0 Å². The second-order valence-electron chi connectivity index (χ2n) is 2.39. The van der Waals surface area contributed by atoms with Crippen molar-refractivity contribution in [2.24, 2.45) is 0 Å². The molecule has 0 fully saturated rings. The predicted molar refractivity (Wildman–Crippen MR) is 49.7 cm³/mol. The molecule has 0 bridgehead atoms. The van der Waals surface area contributed by atoms with Gasteiger partial charge < -0.3 is 9.39 Å². The zero-order valence-electron chi connectivity index (χ0n) is 7.19. The Bertz CT molecular complexity index is 201. The molecule has 1 rings (SSSR count). The Labute approximate surface area is 73.8 Å². The van der Waals surface area contributed by atoms with Gasteiger partial charge in [-0.25, -0.2) is 0 Å². The molecule has 0 saturated heterocycles. The van der Waals surface area contributed by atoms with Crippen LogP contribution in [0.5, 0.6) is 0 Å². The number of hydrogen-bond acceptors (Lipinski definition) is 2. The standard InChI is InChI=1S/C9H12BO2/c1-11-7-8-12-10-9-5-3-2-4-6-9/h2-6H,7-8H2,1H3. The summed E-state index contributed by atoms with van der Waals surface area (Å²) in [7, 11) is 3.39. The van der Waals surface area contributed by atoms with Gasteiger partial charge in [-0.1, -0.05) is 35.8 Å². The minimum atomic E-state index is 0.603. The maximum atomic E-state index is 5.21. The molecule has 3 heteroatoms. The summed E-state index contributed by atoms with van der Waals surface area (Å²) >= 11 is 0. The molecule has 0 aliphatic heterocycles. The van der Waals surface area contributed by atoms with E-state index in [9.17, 15) is 0 Å². The lowest BCUT2D eigenvalue weighted by molar-refractivity contribution is 0.150. The van der Waals surface area contributed by atoms with Crippen LogP contribution in [0.1, 0.15) is 0 Å². The van der Waals surface area contributed by atoms with Gasteiger partial charge in [0.05, 0.1) is 13.2 Å². The van der Waals surface area contributed by atoms with Crippen molar-refractivity contribution in [2.45, 2.75) is 0 Å². The first-order valence-electron chi connectivity index (χ1n) is 3.92. The molecule has 1 aromatic rings. The van der Waals surface area contributed by atoms with E-state index in [1.54, 1.807) is 14.6 Å². The topological polar surface area (TPSA) is 18.5 Å². The van der Waals surface area contributed by atoms with E-state index in [4.69, 9.17) is 9.39 Å². The molecule has 1 aromatic carbocycles. The number of rotatable bonds is 5. The van der Waals surface area contributed by atoms with Crippen LogP contribution in [0.15, 0.2) is 30.3 Å². The normalized spacial score (nSPS) is 9.75. The molecule has 1 radical (unpaired) electrons. The Hall–Kier alpha value is -0.795. The summed E-state index contributed by atoms with van der Waals surface area (Å²) in [6.07, 6.45) is 0. The first kappa shape index (κ1) is 9.29. The van der Waals surface area contributed by atoms with Crippen LogP contribution in [0.2, 0.25) is 0 Å². The molecule has 0 N–H and O–H groups in total. The van der Waals surface area contributed by atoms with Crippen molar-refractivity contribution in [3.63, 3.8) is 0 Å². The van der Waals surface area contributed by atoms with Crippen molar-refractivity contribution in [3.8, 4) is 0 Å². The smallest absolute Gasteiger partial charge is 0.330 e. The number of hydrogen-bond donors (Lipinski definition) is 0.